The molecular formula is C15H11NO3S. The van der Waals surface area contributed by atoms with E-state index < -0.39 is 11.1 Å². The quantitative estimate of drug-likeness (QED) is 0.747. The fourth-order valence-electron chi connectivity index (χ4n) is 2.00. The van der Waals surface area contributed by atoms with Crippen molar-refractivity contribution in [3.05, 3.63) is 60.9 Å². The Morgan fingerprint density at radius 3 is 2.30 bits per heavy atom. The van der Waals surface area contributed by atoms with Gasteiger partial charge in [-0.05, 0) is 17.7 Å². The third-order valence-corrected chi connectivity index (χ3v) is 3.66. The minimum absolute atomic E-state index is 0.367. The van der Waals surface area contributed by atoms with Gasteiger partial charge in [0.2, 0.25) is 0 Å². The summed E-state index contributed by atoms with van der Waals surface area (Å²) in [5, 5.41) is 4.04. The van der Waals surface area contributed by atoms with Crippen LogP contribution in [-0.2, 0) is 11.1 Å². The SMILES string of the molecule is O=S(O)c1ccc(-c2conc2-c2ccccc2)cc1. The molecule has 2 aromatic carbocycles. The van der Waals surface area contributed by atoms with Crippen LogP contribution in [0.15, 0.2) is 70.3 Å². The van der Waals surface area contributed by atoms with Crippen LogP contribution in [0.4, 0.5) is 0 Å². The molecule has 100 valence electrons. The lowest BCUT2D eigenvalue weighted by Crippen LogP contribution is -1.88. The largest absolute Gasteiger partial charge is 0.363 e. The predicted octanol–water partition coefficient (Wildman–Crippen LogP) is 3.59. The molecule has 0 spiro atoms. The summed E-state index contributed by atoms with van der Waals surface area (Å²) >= 11 is -1.96. The lowest BCUT2D eigenvalue weighted by molar-refractivity contribution is 0.422. The van der Waals surface area contributed by atoms with E-state index in [0.29, 0.717) is 4.90 Å². The summed E-state index contributed by atoms with van der Waals surface area (Å²) in [5.74, 6) is 0. The second-order valence-electron chi connectivity index (χ2n) is 4.22. The molecule has 3 aromatic rings. The molecule has 0 fully saturated rings. The zero-order valence-electron chi connectivity index (χ0n) is 10.4. The van der Waals surface area contributed by atoms with Gasteiger partial charge in [-0.1, -0.05) is 47.6 Å². The molecule has 20 heavy (non-hydrogen) atoms. The van der Waals surface area contributed by atoms with E-state index in [9.17, 15) is 4.21 Å². The zero-order valence-corrected chi connectivity index (χ0v) is 11.2. The highest BCUT2D eigenvalue weighted by atomic mass is 32.2. The predicted molar refractivity (Wildman–Crippen MR) is 76.4 cm³/mol. The molecule has 0 bridgehead atoms. The van der Waals surface area contributed by atoms with Crippen LogP contribution in [0.1, 0.15) is 0 Å². The second kappa shape index (κ2) is 5.40. The monoisotopic (exact) mass is 285 g/mol. The topological polar surface area (TPSA) is 63.3 Å². The molecule has 0 aliphatic rings. The first-order chi connectivity index (χ1) is 9.75. The van der Waals surface area contributed by atoms with E-state index in [1.165, 1.54) is 0 Å². The number of rotatable bonds is 3. The molecule has 1 N–H and O–H groups in total. The normalized spacial score (nSPS) is 12.2. The van der Waals surface area contributed by atoms with E-state index >= 15 is 0 Å². The molecule has 0 amide bonds. The first-order valence-corrected chi connectivity index (χ1v) is 7.07. The van der Waals surface area contributed by atoms with Gasteiger partial charge in [0.05, 0.1) is 4.90 Å². The van der Waals surface area contributed by atoms with Gasteiger partial charge in [-0.25, -0.2) is 4.21 Å². The summed E-state index contributed by atoms with van der Waals surface area (Å²) in [6, 6.07) is 16.5. The van der Waals surface area contributed by atoms with E-state index in [-0.39, 0.29) is 0 Å². The maximum absolute atomic E-state index is 11.0. The first-order valence-electron chi connectivity index (χ1n) is 5.97. The maximum atomic E-state index is 11.0. The van der Waals surface area contributed by atoms with E-state index in [1.807, 2.05) is 30.3 Å². The van der Waals surface area contributed by atoms with Crippen LogP contribution in [0.25, 0.3) is 22.4 Å². The van der Waals surface area contributed by atoms with Crippen LogP contribution in [0.2, 0.25) is 0 Å². The van der Waals surface area contributed by atoms with Gasteiger partial charge < -0.3 is 9.08 Å². The average molecular weight is 285 g/mol. The van der Waals surface area contributed by atoms with Gasteiger partial charge in [-0.15, -0.1) is 0 Å². The van der Waals surface area contributed by atoms with Crippen molar-refractivity contribution in [2.24, 2.45) is 0 Å². The van der Waals surface area contributed by atoms with Crippen LogP contribution in [-0.4, -0.2) is 13.9 Å². The Kier molecular flexibility index (Phi) is 3.45. The molecule has 0 aliphatic carbocycles. The average Bonchev–Trinajstić information content (AvgIpc) is 2.97. The molecule has 4 nitrogen and oxygen atoms in total. The lowest BCUT2D eigenvalue weighted by Gasteiger charge is -2.02. The molecule has 1 heterocycles. The van der Waals surface area contributed by atoms with Gasteiger partial charge in [0.15, 0.2) is 11.1 Å². The van der Waals surface area contributed by atoms with Gasteiger partial charge in [0.1, 0.15) is 12.0 Å². The van der Waals surface area contributed by atoms with Gasteiger partial charge in [-0.2, -0.15) is 0 Å². The Labute approximate surface area is 118 Å². The van der Waals surface area contributed by atoms with Crippen LogP contribution in [0.3, 0.4) is 0 Å². The van der Waals surface area contributed by atoms with Crippen molar-refractivity contribution in [1.82, 2.24) is 5.16 Å². The van der Waals surface area contributed by atoms with Crippen LogP contribution in [0, 0.1) is 0 Å². The van der Waals surface area contributed by atoms with Crippen molar-refractivity contribution in [3.8, 4) is 22.4 Å². The van der Waals surface area contributed by atoms with E-state index in [1.54, 1.807) is 30.5 Å². The van der Waals surface area contributed by atoms with Crippen molar-refractivity contribution in [2.75, 3.05) is 0 Å². The molecule has 0 saturated carbocycles. The van der Waals surface area contributed by atoms with Crippen molar-refractivity contribution < 1.29 is 13.3 Å². The Morgan fingerprint density at radius 2 is 1.65 bits per heavy atom. The fourth-order valence-corrected chi connectivity index (χ4v) is 2.37. The standard InChI is InChI=1S/C15H11NO3S/c17-20(18)13-8-6-11(7-9-13)14-10-19-16-15(14)12-4-2-1-3-5-12/h1-10H,(H,17,18). The van der Waals surface area contributed by atoms with Crippen molar-refractivity contribution in [1.29, 1.82) is 0 Å². The smallest absolute Gasteiger partial charge is 0.186 e. The third-order valence-electron chi connectivity index (χ3n) is 2.98. The minimum atomic E-state index is -1.96. The number of aromatic nitrogens is 1. The molecule has 3 rings (SSSR count). The minimum Gasteiger partial charge on any atom is -0.363 e. The molecule has 1 atom stereocenters. The molecule has 1 aromatic heterocycles. The summed E-state index contributed by atoms with van der Waals surface area (Å²) < 4.78 is 25.1. The Bertz CT molecular complexity index is 735. The van der Waals surface area contributed by atoms with Gasteiger partial charge >= 0.3 is 0 Å². The number of hydrogen-bond donors (Lipinski definition) is 1. The molecule has 1 unspecified atom stereocenters. The third kappa shape index (κ3) is 2.41. The summed E-state index contributed by atoms with van der Waals surface area (Å²) in [6.07, 6.45) is 1.58. The van der Waals surface area contributed by atoms with Crippen molar-refractivity contribution in [2.45, 2.75) is 4.90 Å². The number of benzene rings is 2. The van der Waals surface area contributed by atoms with Gasteiger partial charge in [0.25, 0.3) is 0 Å². The highest BCUT2D eigenvalue weighted by molar-refractivity contribution is 7.79. The molecule has 0 aliphatic heterocycles. The van der Waals surface area contributed by atoms with Gasteiger partial charge in [-0.3, -0.25) is 0 Å². The number of nitrogens with zero attached hydrogens (tertiary/aromatic N) is 1. The summed E-state index contributed by atoms with van der Waals surface area (Å²) in [5.41, 5.74) is 3.46. The summed E-state index contributed by atoms with van der Waals surface area (Å²) in [6.45, 7) is 0. The first kappa shape index (κ1) is 12.8. The molecule has 0 radical (unpaired) electrons. The Balaban J connectivity index is 2.04. The Hall–Kier alpha value is -2.24. The second-order valence-corrected chi connectivity index (χ2v) is 5.19. The summed E-state index contributed by atoms with van der Waals surface area (Å²) in [7, 11) is 0. The Morgan fingerprint density at radius 1 is 0.950 bits per heavy atom. The van der Waals surface area contributed by atoms with Crippen LogP contribution < -0.4 is 0 Å². The lowest BCUT2D eigenvalue weighted by atomic mass is 10.0. The van der Waals surface area contributed by atoms with E-state index in [2.05, 4.69) is 5.16 Å². The highest BCUT2D eigenvalue weighted by Crippen LogP contribution is 2.31. The fraction of sp³-hybridized carbons (Fsp3) is 0. The van der Waals surface area contributed by atoms with Gasteiger partial charge in [0, 0.05) is 11.1 Å². The van der Waals surface area contributed by atoms with E-state index in [4.69, 9.17) is 9.08 Å². The zero-order chi connectivity index (χ0) is 13.9. The van der Waals surface area contributed by atoms with Crippen LogP contribution >= 0.6 is 0 Å². The van der Waals surface area contributed by atoms with Crippen molar-refractivity contribution in [3.63, 3.8) is 0 Å². The number of hydrogen-bond acceptors (Lipinski definition) is 3. The van der Waals surface area contributed by atoms with E-state index in [0.717, 1.165) is 22.4 Å². The highest BCUT2D eigenvalue weighted by Gasteiger charge is 2.12. The summed E-state index contributed by atoms with van der Waals surface area (Å²) in [4.78, 5) is 0.367. The molecule has 5 heteroatoms. The molecule has 0 saturated heterocycles. The van der Waals surface area contributed by atoms with Crippen LogP contribution in [0.5, 0.6) is 0 Å². The molecular weight excluding hydrogens is 274 g/mol. The van der Waals surface area contributed by atoms with Crippen molar-refractivity contribution >= 4 is 11.1 Å². The maximum Gasteiger partial charge on any atom is 0.186 e.